The van der Waals surface area contributed by atoms with Gasteiger partial charge >= 0.3 is 0 Å². The molecule has 0 spiro atoms. The third-order valence-corrected chi connectivity index (χ3v) is 6.05. The molecular formula is C25H25FN4O2. The summed E-state index contributed by atoms with van der Waals surface area (Å²) in [7, 11) is 1.73. The van der Waals surface area contributed by atoms with E-state index in [1.807, 2.05) is 6.07 Å². The van der Waals surface area contributed by atoms with E-state index in [0.717, 1.165) is 37.9 Å². The van der Waals surface area contributed by atoms with E-state index in [-0.39, 0.29) is 23.6 Å². The molecule has 2 aromatic carbocycles. The van der Waals surface area contributed by atoms with Crippen molar-refractivity contribution in [3.05, 3.63) is 75.6 Å². The van der Waals surface area contributed by atoms with E-state index in [1.165, 1.54) is 12.1 Å². The van der Waals surface area contributed by atoms with E-state index >= 15 is 0 Å². The van der Waals surface area contributed by atoms with Gasteiger partial charge < -0.3 is 10.4 Å². The van der Waals surface area contributed by atoms with Gasteiger partial charge in [0.2, 0.25) is 0 Å². The Labute approximate surface area is 186 Å². The molecule has 32 heavy (non-hydrogen) atoms. The van der Waals surface area contributed by atoms with Crippen molar-refractivity contribution >= 4 is 0 Å². The SMILES string of the molecule is Cn1c(C2CCCNCC2)nc(-c2ccc(C#N)c(F)c2)c(-c2ccc(CO)cc2)c1=O. The molecule has 2 N–H and O–H groups in total. The predicted octanol–water partition coefficient (Wildman–Crippen LogP) is 3.47. The first-order valence-electron chi connectivity index (χ1n) is 10.7. The molecule has 1 aliphatic heterocycles. The van der Waals surface area contributed by atoms with Crippen LogP contribution in [-0.2, 0) is 13.7 Å². The summed E-state index contributed by atoms with van der Waals surface area (Å²) in [5, 5.41) is 21.8. The number of halogens is 1. The lowest BCUT2D eigenvalue weighted by molar-refractivity contribution is 0.282. The summed E-state index contributed by atoms with van der Waals surface area (Å²) in [4.78, 5) is 18.5. The van der Waals surface area contributed by atoms with E-state index in [0.29, 0.717) is 28.2 Å². The molecule has 0 radical (unpaired) electrons. The van der Waals surface area contributed by atoms with Gasteiger partial charge in [-0.3, -0.25) is 9.36 Å². The lowest BCUT2D eigenvalue weighted by Gasteiger charge is -2.20. The predicted molar refractivity (Wildman–Crippen MR) is 120 cm³/mol. The van der Waals surface area contributed by atoms with Gasteiger partial charge in [-0.05, 0) is 55.6 Å². The van der Waals surface area contributed by atoms with Gasteiger partial charge in [-0.1, -0.05) is 30.3 Å². The third kappa shape index (κ3) is 4.20. The van der Waals surface area contributed by atoms with Crippen LogP contribution in [0.5, 0.6) is 0 Å². The molecular weight excluding hydrogens is 407 g/mol. The second-order valence-electron chi connectivity index (χ2n) is 8.10. The molecule has 4 rings (SSSR count). The summed E-state index contributed by atoms with van der Waals surface area (Å²) < 4.78 is 16.1. The van der Waals surface area contributed by atoms with Crippen LogP contribution in [0.1, 0.15) is 42.1 Å². The third-order valence-electron chi connectivity index (χ3n) is 6.05. The molecule has 1 fully saturated rings. The molecule has 7 heteroatoms. The van der Waals surface area contributed by atoms with Crippen LogP contribution >= 0.6 is 0 Å². The Morgan fingerprint density at radius 3 is 2.62 bits per heavy atom. The fourth-order valence-corrected chi connectivity index (χ4v) is 4.26. The average Bonchev–Trinajstić information content (AvgIpc) is 3.10. The molecule has 164 valence electrons. The summed E-state index contributed by atoms with van der Waals surface area (Å²) in [6.45, 7) is 1.69. The van der Waals surface area contributed by atoms with Crippen molar-refractivity contribution in [3.63, 3.8) is 0 Å². The smallest absolute Gasteiger partial charge is 0.261 e. The Balaban J connectivity index is 1.95. The first kappa shape index (κ1) is 21.9. The van der Waals surface area contributed by atoms with Gasteiger partial charge in [0, 0.05) is 18.5 Å². The second-order valence-corrected chi connectivity index (χ2v) is 8.10. The zero-order valence-electron chi connectivity index (χ0n) is 17.9. The highest BCUT2D eigenvalue weighted by Gasteiger charge is 2.24. The monoisotopic (exact) mass is 432 g/mol. The minimum absolute atomic E-state index is 0.0542. The number of benzene rings is 2. The van der Waals surface area contributed by atoms with Crippen molar-refractivity contribution in [2.75, 3.05) is 13.1 Å². The van der Waals surface area contributed by atoms with Crippen molar-refractivity contribution in [2.45, 2.75) is 31.8 Å². The minimum atomic E-state index is -0.644. The van der Waals surface area contributed by atoms with Crippen LogP contribution in [0.15, 0.2) is 47.3 Å². The quantitative estimate of drug-likeness (QED) is 0.659. The summed E-state index contributed by atoms with van der Waals surface area (Å²) in [6, 6.07) is 13.2. The molecule has 6 nitrogen and oxygen atoms in total. The zero-order valence-corrected chi connectivity index (χ0v) is 17.9. The summed E-state index contributed by atoms with van der Waals surface area (Å²) in [5.74, 6) is 0.166. The number of aliphatic hydroxyl groups is 1. The highest BCUT2D eigenvalue weighted by molar-refractivity contribution is 5.80. The fraction of sp³-hybridized carbons (Fsp3) is 0.320. The Hall–Kier alpha value is -3.34. The van der Waals surface area contributed by atoms with Crippen molar-refractivity contribution in [2.24, 2.45) is 7.05 Å². The topological polar surface area (TPSA) is 90.9 Å². The number of rotatable bonds is 4. The lowest BCUT2D eigenvalue weighted by atomic mass is 9.95. The molecule has 0 saturated carbocycles. The van der Waals surface area contributed by atoms with Gasteiger partial charge in [-0.2, -0.15) is 5.26 Å². The Kier molecular flexibility index (Phi) is 6.45. The van der Waals surface area contributed by atoms with Crippen LogP contribution in [0.3, 0.4) is 0 Å². The van der Waals surface area contributed by atoms with Gasteiger partial charge in [-0.25, -0.2) is 9.37 Å². The van der Waals surface area contributed by atoms with Crippen molar-refractivity contribution < 1.29 is 9.50 Å². The number of aliphatic hydroxyl groups excluding tert-OH is 1. The molecule has 0 amide bonds. The maximum Gasteiger partial charge on any atom is 0.261 e. The van der Waals surface area contributed by atoms with Crippen molar-refractivity contribution in [1.29, 1.82) is 5.26 Å². The van der Waals surface area contributed by atoms with E-state index in [4.69, 9.17) is 10.2 Å². The van der Waals surface area contributed by atoms with E-state index in [1.54, 1.807) is 41.9 Å². The Morgan fingerprint density at radius 2 is 1.94 bits per heavy atom. The van der Waals surface area contributed by atoms with Gasteiger partial charge in [0.15, 0.2) is 0 Å². The maximum atomic E-state index is 14.5. The Morgan fingerprint density at radius 1 is 1.19 bits per heavy atom. The average molecular weight is 432 g/mol. The second kappa shape index (κ2) is 9.43. The fourth-order valence-electron chi connectivity index (χ4n) is 4.26. The van der Waals surface area contributed by atoms with Crippen LogP contribution in [0, 0.1) is 17.1 Å². The summed E-state index contributed by atoms with van der Waals surface area (Å²) in [5.41, 5.74) is 2.34. The molecule has 1 aliphatic rings. The lowest BCUT2D eigenvalue weighted by Crippen LogP contribution is -2.27. The van der Waals surface area contributed by atoms with Gasteiger partial charge in [0.1, 0.15) is 17.7 Å². The van der Waals surface area contributed by atoms with Gasteiger partial charge in [0.05, 0.1) is 23.4 Å². The number of aromatic nitrogens is 2. The molecule has 1 aromatic heterocycles. The molecule has 1 unspecified atom stereocenters. The summed E-state index contributed by atoms with van der Waals surface area (Å²) in [6.07, 6.45) is 2.77. The van der Waals surface area contributed by atoms with E-state index in [9.17, 15) is 14.3 Å². The number of nitrogens with zero attached hydrogens (tertiary/aromatic N) is 3. The van der Waals surface area contributed by atoms with Crippen molar-refractivity contribution in [3.8, 4) is 28.5 Å². The number of nitriles is 1. The van der Waals surface area contributed by atoms with Gasteiger partial charge in [0.25, 0.3) is 5.56 Å². The van der Waals surface area contributed by atoms with Crippen LogP contribution < -0.4 is 10.9 Å². The minimum Gasteiger partial charge on any atom is -0.392 e. The highest BCUT2D eigenvalue weighted by atomic mass is 19.1. The molecule has 1 saturated heterocycles. The van der Waals surface area contributed by atoms with E-state index < -0.39 is 5.82 Å². The molecule has 1 atom stereocenters. The largest absolute Gasteiger partial charge is 0.392 e. The first-order chi connectivity index (χ1) is 15.5. The first-order valence-corrected chi connectivity index (χ1v) is 10.7. The van der Waals surface area contributed by atoms with Crippen molar-refractivity contribution in [1.82, 2.24) is 14.9 Å². The number of hydrogen-bond acceptors (Lipinski definition) is 5. The van der Waals surface area contributed by atoms with Crippen LogP contribution in [0.2, 0.25) is 0 Å². The van der Waals surface area contributed by atoms with Gasteiger partial charge in [-0.15, -0.1) is 0 Å². The summed E-state index contributed by atoms with van der Waals surface area (Å²) >= 11 is 0. The Bertz CT molecular complexity index is 1220. The molecule has 2 heterocycles. The van der Waals surface area contributed by atoms with Crippen LogP contribution in [-0.4, -0.2) is 27.7 Å². The number of nitrogens with one attached hydrogen (secondary N) is 1. The number of hydrogen-bond donors (Lipinski definition) is 2. The zero-order chi connectivity index (χ0) is 22.7. The molecule has 0 bridgehead atoms. The molecule has 3 aromatic rings. The standard InChI is InChI=1S/C25H25FN4O2/c1-30-24(18-3-2-11-28-12-10-18)29-23(19-8-9-20(14-27)21(26)13-19)22(25(30)32)17-6-4-16(15-31)5-7-17/h4-9,13,18,28,31H,2-3,10-12,15H2,1H3. The van der Waals surface area contributed by atoms with E-state index in [2.05, 4.69) is 5.32 Å². The maximum absolute atomic E-state index is 14.5. The molecule has 0 aliphatic carbocycles. The van der Waals surface area contributed by atoms with Crippen LogP contribution in [0.25, 0.3) is 22.4 Å². The highest BCUT2D eigenvalue weighted by Crippen LogP contribution is 2.32. The normalized spacial score (nSPS) is 16.4. The van der Waals surface area contributed by atoms with Crippen LogP contribution in [0.4, 0.5) is 4.39 Å².